The summed E-state index contributed by atoms with van der Waals surface area (Å²) in [6, 6.07) is 11.3. The highest BCUT2D eigenvalue weighted by molar-refractivity contribution is 5.97. The van der Waals surface area contributed by atoms with Gasteiger partial charge in [0, 0.05) is 25.5 Å². The molecule has 0 fully saturated rings. The maximum Gasteiger partial charge on any atom is 0.257 e. The lowest BCUT2D eigenvalue weighted by Gasteiger charge is -2.23. The number of ether oxygens (including phenoxy) is 1. The van der Waals surface area contributed by atoms with E-state index >= 15 is 0 Å². The van der Waals surface area contributed by atoms with Crippen molar-refractivity contribution in [2.24, 2.45) is 0 Å². The van der Waals surface area contributed by atoms with Gasteiger partial charge in [0.2, 0.25) is 0 Å². The molecule has 0 aliphatic heterocycles. The summed E-state index contributed by atoms with van der Waals surface area (Å²) in [6.45, 7) is 2.70. The molecule has 1 heterocycles. The Kier molecular flexibility index (Phi) is 5.70. The van der Waals surface area contributed by atoms with Crippen LogP contribution in [0.3, 0.4) is 0 Å². The van der Waals surface area contributed by atoms with Gasteiger partial charge in [0.25, 0.3) is 5.91 Å². The van der Waals surface area contributed by atoms with Crippen molar-refractivity contribution in [2.75, 3.05) is 13.7 Å². The van der Waals surface area contributed by atoms with Crippen LogP contribution in [0.2, 0.25) is 0 Å². The predicted molar refractivity (Wildman–Crippen MR) is 86.9 cm³/mol. The maximum absolute atomic E-state index is 12.9. The first-order valence-corrected chi connectivity index (χ1v) is 7.35. The Hall–Kier alpha value is -2.87. The second-order valence-corrected chi connectivity index (χ2v) is 5.20. The molecular formula is C18H19N3O2. The average molecular weight is 309 g/mol. The average Bonchev–Trinajstić information content (AvgIpc) is 2.58. The van der Waals surface area contributed by atoms with Crippen LogP contribution in [0.25, 0.3) is 0 Å². The van der Waals surface area contributed by atoms with E-state index in [0.29, 0.717) is 24.4 Å². The molecule has 0 atom stereocenters. The number of carbonyl (C=O) groups excluding carboxylic acids is 1. The van der Waals surface area contributed by atoms with Crippen molar-refractivity contribution in [3.05, 3.63) is 59.4 Å². The molecule has 0 aliphatic carbocycles. The van der Waals surface area contributed by atoms with Crippen LogP contribution in [0.1, 0.15) is 27.9 Å². The lowest BCUT2D eigenvalue weighted by atomic mass is 10.1. The summed E-state index contributed by atoms with van der Waals surface area (Å²) in [5.74, 6) is 0.387. The molecule has 0 spiro atoms. The normalized spacial score (nSPS) is 9.96. The van der Waals surface area contributed by atoms with Crippen molar-refractivity contribution >= 4 is 5.91 Å². The van der Waals surface area contributed by atoms with Gasteiger partial charge in [-0.05, 0) is 30.7 Å². The second-order valence-electron chi connectivity index (χ2n) is 5.20. The van der Waals surface area contributed by atoms with E-state index in [1.165, 1.54) is 0 Å². The number of hydrogen-bond acceptors (Lipinski definition) is 4. The highest BCUT2D eigenvalue weighted by atomic mass is 16.5. The van der Waals surface area contributed by atoms with E-state index in [9.17, 15) is 4.79 Å². The Bertz CT molecular complexity index is 708. The summed E-state index contributed by atoms with van der Waals surface area (Å²) in [7, 11) is 1.54. The number of carbonyl (C=O) groups is 1. The van der Waals surface area contributed by atoms with Gasteiger partial charge in [-0.1, -0.05) is 17.7 Å². The zero-order valence-corrected chi connectivity index (χ0v) is 13.3. The Morgan fingerprint density at radius 3 is 2.87 bits per heavy atom. The van der Waals surface area contributed by atoms with E-state index in [1.54, 1.807) is 30.5 Å². The van der Waals surface area contributed by atoms with E-state index in [0.717, 1.165) is 11.1 Å². The number of aromatic nitrogens is 1. The van der Waals surface area contributed by atoms with Crippen LogP contribution in [0.5, 0.6) is 5.75 Å². The number of hydrogen-bond donors (Lipinski definition) is 0. The fraction of sp³-hybridized carbons (Fsp3) is 0.278. The number of amides is 1. The van der Waals surface area contributed by atoms with Gasteiger partial charge in [-0.25, -0.2) is 0 Å². The monoisotopic (exact) mass is 309 g/mol. The lowest BCUT2D eigenvalue weighted by molar-refractivity contribution is 0.0743. The Morgan fingerprint density at radius 2 is 2.22 bits per heavy atom. The molecule has 23 heavy (non-hydrogen) atoms. The predicted octanol–water partition coefficient (Wildman–Crippen LogP) is 2.95. The van der Waals surface area contributed by atoms with Gasteiger partial charge in [0.05, 0.1) is 25.2 Å². The minimum Gasteiger partial charge on any atom is -0.496 e. The summed E-state index contributed by atoms with van der Waals surface area (Å²) >= 11 is 0. The van der Waals surface area contributed by atoms with Crippen molar-refractivity contribution in [1.29, 1.82) is 5.26 Å². The summed E-state index contributed by atoms with van der Waals surface area (Å²) in [6.07, 6.45) is 3.69. The number of rotatable bonds is 6. The summed E-state index contributed by atoms with van der Waals surface area (Å²) in [5, 5.41) is 8.85. The lowest BCUT2D eigenvalue weighted by Crippen LogP contribution is -2.31. The second kappa shape index (κ2) is 7.95. The quantitative estimate of drug-likeness (QED) is 0.823. The molecule has 0 aliphatic rings. The zero-order chi connectivity index (χ0) is 16.7. The number of benzene rings is 1. The zero-order valence-electron chi connectivity index (χ0n) is 13.3. The molecule has 0 saturated heterocycles. The van der Waals surface area contributed by atoms with Gasteiger partial charge in [0.1, 0.15) is 5.75 Å². The van der Waals surface area contributed by atoms with E-state index in [4.69, 9.17) is 10.00 Å². The van der Waals surface area contributed by atoms with Crippen molar-refractivity contribution < 1.29 is 9.53 Å². The van der Waals surface area contributed by atoms with Crippen LogP contribution >= 0.6 is 0 Å². The van der Waals surface area contributed by atoms with E-state index in [1.807, 2.05) is 31.2 Å². The first kappa shape index (κ1) is 16.5. The maximum atomic E-state index is 12.9. The summed E-state index contributed by atoms with van der Waals surface area (Å²) in [4.78, 5) is 18.6. The Balaban J connectivity index is 2.29. The first-order chi connectivity index (χ1) is 11.2. The van der Waals surface area contributed by atoms with Gasteiger partial charge in [0.15, 0.2) is 0 Å². The van der Waals surface area contributed by atoms with Crippen LogP contribution in [0.4, 0.5) is 0 Å². The molecule has 2 aromatic rings. The molecule has 0 bridgehead atoms. The molecule has 0 radical (unpaired) electrons. The van der Waals surface area contributed by atoms with Crippen molar-refractivity contribution in [3.8, 4) is 11.8 Å². The minimum absolute atomic E-state index is 0.148. The topological polar surface area (TPSA) is 66.2 Å². The number of aryl methyl sites for hydroxylation is 1. The summed E-state index contributed by atoms with van der Waals surface area (Å²) in [5.41, 5.74) is 2.41. The largest absolute Gasteiger partial charge is 0.496 e. The SMILES string of the molecule is COc1ccc(C)cc1C(=O)N(CCC#N)Cc1cccnc1. The molecule has 0 unspecified atom stereocenters. The molecule has 0 N–H and O–H groups in total. The van der Waals surface area contributed by atoms with E-state index in [2.05, 4.69) is 11.1 Å². The van der Waals surface area contributed by atoms with Gasteiger partial charge >= 0.3 is 0 Å². The fourth-order valence-corrected chi connectivity index (χ4v) is 2.31. The molecule has 118 valence electrons. The van der Waals surface area contributed by atoms with E-state index < -0.39 is 0 Å². The van der Waals surface area contributed by atoms with Gasteiger partial charge in [-0.15, -0.1) is 0 Å². The number of pyridine rings is 1. The Labute approximate surface area is 136 Å². The van der Waals surface area contributed by atoms with Crippen molar-refractivity contribution in [3.63, 3.8) is 0 Å². The van der Waals surface area contributed by atoms with E-state index in [-0.39, 0.29) is 12.3 Å². The Morgan fingerprint density at radius 1 is 1.39 bits per heavy atom. The third kappa shape index (κ3) is 4.30. The van der Waals surface area contributed by atoms with Gasteiger partial charge in [-0.2, -0.15) is 5.26 Å². The molecular weight excluding hydrogens is 290 g/mol. The number of nitrogens with zero attached hydrogens (tertiary/aromatic N) is 3. The standard InChI is InChI=1S/C18H19N3O2/c1-14-6-7-17(23-2)16(11-14)18(22)21(10-4-8-19)13-15-5-3-9-20-12-15/h3,5-7,9,11-12H,4,10,13H2,1-2H3. The third-order valence-electron chi connectivity index (χ3n) is 3.46. The highest BCUT2D eigenvalue weighted by Gasteiger charge is 2.20. The molecule has 1 amide bonds. The molecule has 5 heteroatoms. The molecule has 1 aromatic carbocycles. The highest BCUT2D eigenvalue weighted by Crippen LogP contribution is 2.22. The van der Waals surface area contributed by atoms with Gasteiger partial charge in [-0.3, -0.25) is 9.78 Å². The third-order valence-corrected chi connectivity index (χ3v) is 3.46. The number of nitriles is 1. The molecule has 1 aromatic heterocycles. The first-order valence-electron chi connectivity index (χ1n) is 7.35. The smallest absolute Gasteiger partial charge is 0.257 e. The molecule has 5 nitrogen and oxygen atoms in total. The molecule has 0 saturated carbocycles. The summed E-state index contributed by atoms with van der Waals surface area (Å²) < 4.78 is 5.30. The van der Waals surface area contributed by atoms with Crippen LogP contribution in [0, 0.1) is 18.3 Å². The van der Waals surface area contributed by atoms with Crippen molar-refractivity contribution in [1.82, 2.24) is 9.88 Å². The fourth-order valence-electron chi connectivity index (χ4n) is 2.31. The van der Waals surface area contributed by atoms with Crippen molar-refractivity contribution in [2.45, 2.75) is 19.9 Å². The van der Waals surface area contributed by atoms with Crippen LogP contribution in [-0.2, 0) is 6.54 Å². The molecule has 2 rings (SSSR count). The number of methoxy groups -OCH3 is 1. The minimum atomic E-state index is -0.148. The van der Waals surface area contributed by atoms with Gasteiger partial charge < -0.3 is 9.64 Å². The van der Waals surface area contributed by atoms with Crippen LogP contribution < -0.4 is 4.74 Å². The van der Waals surface area contributed by atoms with Crippen LogP contribution in [-0.4, -0.2) is 29.4 Å². The van der Waals surface area contributed by atoms with Crippen LogP contribution in [0.15, 0.2) is 42.7 Å².